The highest BCUT2D eigenvalue weighted by molar-refractivity contribution is 5.17. The molecule has 0 fully saturated rings. The van der Waals surface area contributed by atoms with Gasteiger partial charge in [0, 0.05) is 6.54 Å². The van der Waals surface area contributed by atoms with E-state index in [0.29, 0.717) is 12.6 Å². The molecule has 1 aromatic carbocycles. The van der Waals surface area contributed by atoms with Crippen molar-refractivity contribution in [2.75, 3.05) is 6.54 Å². The maximum atomic E-state index is 5.68. The second kappa shape index (κ2) is 6.95. The van der Waals surface area contributed by atoms with Crippen LogP contribution in [0.5, 0.6) is 6.08 Å². The van der Waals surface area contributed by atoms with Gasteiger partial charge in [-0.2, -0.15) is 4.98 Å². The molecular formula is C15H20N2O2. The van der Waals surface area contributed by atoms with E-state index < -0.39 is 0 Å². The summed E-state index contributed by atoms with van der Waals surface area (Å²) in [5.41, 5.74) is 1.97. The van der Waals surface area contributed by atoms with E-state index in [2.05, 4.69) is 17.2 Å². The Balaban J connectivity index is 1.89. The highest BCUT2D eigenvalue weighted by Crippen LogP contribution is 2.20. The third-order valence-corrected chi connectivity index (χ3v) is 2.81. The normalized spacial score (nSPS) is 12.3. The Labute approximate surface area is 113 Å². The zero-order chi connectivity index (χ0) is 13.5. The minimum absolute atomic E-state index is 0.0729. The molecule has 2 aromatic rings. The van der Waals surface area contributed by atoms with E-state index in [-0.39, 0.29) is 6.10 Å². The van der Waals surface area contributed by atoms with Crippen LogP contribution in [0.4, 0.5) is 0 Å². The lowest BCUT2D eigenvalue weighted by molar-refractivity contribution is 0.163. The molecule has 102 valence electrons. The van der Waals surface area contributed by atoms with Crippen LogP contribution in [-0.2, 0) is 6.54 Å². The fourth-order valence-electron chi connectivity index (χ4n) is 1.76. The number of hydrogen-bond donors (Lipinski definition) is 1. The van der Waals surface area contributed by atoms with Crippen molar-refractivity contribution < 1.29 is 9.15 Å². The van der Waals surface area contributed by atoms with Crippen LogP contribution < -0.4 is 10.1 Å². The first-order valence-electron chi connectivity index (χ1n) is 6.66. The molecule has 4 nitrogen and oxygen atoms in total. The summed E-state index contributed by atoms with van der Waals surface area (Å²) in [4.78, 5) is 4.30. The van der Waals surface area contributed by atoms with E-state index in [9.17, 15) is 0 Å². The highest BCUT2D eigenvalue weighted by Gasteiger charge is 2.11. The lowest BCUT2D eigenvalue weighted by Gasteiger charge is -2.10. The first kappa shape index (κ1) is 13.6. The van der Waals surface area contributed by atoms with Crippen molar-refractivity contribution in [3.8, 4) is 6.08 Å². The number of oxazole rings is 1. The molecule has 1 unspecified atom stereocenters. The van der Waals surface area contributed by atoms with Gasteiger partial charge >= 0.3 is 6.08 Å². The van der Waals surface area contributed by atoms with Crippen molar-refractivity contribution in [1.82, 2.24) is 10.3 Å². The largest absolute Gasteiger partial charge is 0.442 e. The summed E-state index contributed by atoms with van der Waals surface area (Å²) in [6, 6.07) is 10.0. The van der Waals surface area contributed by atoms with Gasteiger partial charge in [-0.3, -0.25) is 0 Å². The number of hydrogen-bond acceptors (Lipinski definition) is 4. The van der Waals surface area contributed by atoms with Crippen molar-refractivity contribution in [3.05, 3.63) is 47.9 Å². The van der Waals surface area contributed by atoms with E-state index in [4.69, 9.17) is 9.15 Å². The lowest BCUT2D eigenvalue weighted by Crippen LogP contribution is -2.13. The van der Waals surface area contributed by atoms with Gasteiger partial charge in [0.05, 0.1) is 5.69 Å². The van der Waals surface area contributed by atoms with E-state index >= 15 is 0 Å². The average molecular weight is 260 g/mol. The van der Waals surface area contributed by atoms with Crippen LogP contribution in [0.2, 0.25) is 0 Å². The van der Waals surface area contributed by atoms with Crippen LogP contribution >= 0.6 is 0 Å². The standard InChI is InChI=1S/C15H20N2O2/c1-3-9-16-10-14-11-18-15(17-14)19-12(2)13-7-5-4-6-8-13/h4-8,11-12,16H,3,9-10H2,1-2H3. The van der Waals surface area contributed by atoms with Crippen molar-refractivity contribution in [1.29, 1.82) is 0 Å². The van der Waals surface area contributed by atoms with Crippen LogP contribution in [0.25, 0.3) is 0 Å². The van der Waals surface area contributed by atoms with Crippen molar-refractivity contribution in [2.24, 2.45) is 0 Å². The van der Waals surface area contributed by atoms with Gasteiger partial charge in [-0.05, 0) is 25.5 Å². The number of rotatable bonds is 7. The van der Waals surface area contributed by atoms with Crippen LogP contribution in [0, 0.1) is 0 Å². The van der Waals surface area contributed by atoms with Crippen LogP contribution in [0.15, 0.2) is 41.0 Å². The highest BCUT2D eigenvalue weighted by atomic mass is 16.6. The van der Waals surface area contributed by atoms with E-state index in [1.807, 2.05) is 37.3 Å². The summed E-state index contributed by atoms with van der Waals surface area (Å²) in [6.07, 6.45) is 2.99. The summed E-state index contributed by atoms with van der Waals surface area (Å²) >= 11 is 0. The minimum Gasteiger partial charge on any atom is -0.442 e. The predicted molar refractivity (Wildman–Crippen MR) is 74.0 cm³/mol. The number of ether oxygens (including phenoxy) is 1. The topological polar surface area (TPSA) is 47.3 Å². The Kier molecular flexibility index (Phi) is 4.98. The molecule has 0 bridgehead atoms. The fourth-order valence-corrected chi connectivity index (χ4v) is 1.76. The Morgan fingerprint density at radius 2 is 2.11 bits per heavy atom. The summed E-state index contributed by atoms with van der Waals surface area (Å²) < 4.78 is 11.0. The molecule has 4 heteroatoms. The monoisotopic (exact) mass is 260 g/mol. The van der Waals surface area contributed by atoms with Gasteiger partial charge in [0.2, 0.25) is 0 Å². The summed E-state index contributed by atoms with van der Waals surface area (Å²) in [6.45, 7) is 5.80. The molecule has 0 radical (unpaired) electrons. The lowest BCUT2D eigenvalue weighted by atomic mass is 10.1. The molecular weight excluding hydrogens is 240 g/mol. The van der Waals surface area contributed by atoms with Gasteiger partial charge in [0.25, 0.3) is 0 Å². The van der Waals surface area contributed by atoms with E-state index in [1.54, 1.807) is 6.26 Å². The first-order valence-corrected chi connectivity index (χ1v) is 6.66. The van der Waals surface area contributed by atoms with E-state index in [0.717, 1.165) is 24.2 Å². The van der Waals surface area contributed by atoms with Gasteiger partial charge in [-0.1, -0.05) is 37.3 Å². The van der Waals surface area contributed by atoms with Crippen LogP contribution in [0.3, 0.4) is 0 Å². The molecule has 0 amide bonds. The van der Waals surface area contributed by atoms with Gasteiger partial charge in [0.1, 0.15) is 12.4 Å². The molecule has 1 heterocycles. The number of benzene rings is 1. The van der Waals surface area contributed by atoms with Gasteiger partial charge in [-0.15, -0.1) is 0 Å². The van der Waals surface area contributed by atoms with Gasteiger partial charge in [-0.25, -0.2) is 0 Å². The number of aromatic nitrogens is 1. The first-order chi connectivity index (χ1) is 9.29. The smallest absolute Gasteiger partial charge is 0.394 e. The molecule has 0 spiro atoms. The second-order valence-electron chi connectivity index (χ2n) is 4.45. The fraction of sp³-hybridized carbons (Fsp3) is 0.400. The number of nitrogens with zero attached hydrogens (tertiary/aromatic N) is 1. The minimum atomic E-state index is -0.0729. The average Bonchev–Trinajstić information content (AvgIpc) is 2.88. The second-order valence-corrected chi connectivity index (χ2v) is 4.45. The molecule has 0 aliphatic rings. The third-order valence-electron chi connectivity index (χ3n) is 2.81. The van der Waals surface area contributed by atoms with Crippen molar-refractivity contribution in [2.45, 2.75) is 32.9 Å². The maximum Gasteiger partial charge on any atom is 0.394 e. The Morgan fingerprint density at radius 1 is 1.32 bits per heavy atom. The molecule has 0 saturated heterocycles. The predicted octanol–water partition coefficient (Wildman–Crippen LogP) is 3.31. The molecule has 1 N–H and O–H groups in total. The summed E-state index contributed by atoms with van der Waals surface area (Å²) in [5, 5.41) is 3.27. The van der Waals surface area contributed by atoms with Crippen LogP contribution in [0.1, 0.15) is 37.6 Å². The quantitative estimate of drug-likeness (QED) is 0.776. The van der Waals surface area contributed by atoms with Crippen molar-refractivity contribution in [3.63, 3.8) is 0 Å². The molecule has 2 rings (SSSR count). The molecule has 1 atom stereocenters. The maximum absolute atomic E-state index is 5.68. The van der Waals surface area contributed by atoms with E-state index in [1.165, 1.54) is 0 Å². The molecule has 0 saturated carbocycles. The van der Waals surface area contributed by atoms with Crippen LogP contribution in [-0.4, -0.2) is 11.5 Å². The zero-order valence-electron chi connectivity index (χ0n) is 11.4. The Hall–Kier alpha value is -1.81. The molecule has 1 aromatic heterocycles. The van der Waals surface area contributed by atoms with Gasteiger partial charge < -0.3 is 14.5 Å². The Bertz CT molecular complexity index is 482. The zero-order valence-corrected chi connectivity index (χ0v) is 11.4. The third kappa shape index (κ3) is 4.10. The molecule has 0 aliphatic carbocycles. The van der Waals surface area contributed by atoms with Crippen molar-refractivity contribution >= 4 is 0 Å². The molecule has 19 heavy (non-hydrogen) atoms. The Morgan fingerprint density at radius 3 is 2.84 bits per heavy atom. The molecule has 0 aliphatic heterocycles. The van der Waals surface area contributed by atoms with Gasteiger partial charge in [0.15, 0.2) is 0 Å². The SMILES string of the molecule is CCCNCc1coc(OC(C)c2ccccc2)n1. The summed E-state index contributed by atoms with van der Waals surface area (Å²) in [5.74, 6) is 0. The number of nitrogens with one attached hydrogen (secondary N) is 1. The summed E-state index contributed by atoms with van der Waals surface area (Å²) in [7, 11) is 0.